The molecule has 1 fully saturated rings. The predicted octanol–water partition coefficient (Wildman–Crippen LogP) is 3.74. The first-order valence-electron chi connectivity index (χ1n) is 14.6. The SMILES string of the molecule is CC(C)(C)C(=O)OCOC(=O)SC[C@H](NC(=O)C(C)(C)SC(=O)OCOC(=O)C(C)(C)C)C(=O)OCCCCN1CCOCC1. The number of thioether (sulfide) groups is 2. The molecule has 1 aliphatic heterocycles. The normalized spacial score (nSPS) is 14.9. The maximum absolute atomic E-state index is 13.1. The average molecular weight is 681 g/mol. The molecule has 14 nitrogen and oxygen atoms in total. The molecule has 0 aliphatic carbocycles. The summed E-state index contributed by atoms with van der Waals surface area (Å²) >= 11 is 1.11. The Kier molecular flexibility index (Phi) is 17.2. The summed E-state index contributed by atoms with van der Waals surface area (Å²) in [5.74, 6) is -2.86. The van der Waals surface area contributed by atoms with Crippen LogP contribution in [0.15, 0.2) is 0 Å². The summed E-state index contributed by atoms with van der Waals surface area (Å²) < 4.78 is 29.0. The molecule has 1 rings (SSSR count). The summed E-state index contributed by atoms with van der Waals surface area (Å²) in [6.07, 6.45) is 1.38. The third-order valence-electron chi connectivity index (χ3n) is 6.02. The van der Waals surface area contributed by atoms with Crippen LogP contribution >= 0.6 is 23.5 Å². The van der Waals surface area contributed by atoms with Gasteiger partial charge >= 0.3 is 28.5 Å². The van der Waals surface area contributed by atoms with Gasteiger partial charge in [0.2, 0.25) is 19.5 Å². The molecule has 1 saturated heterocycles. The number of hydrogen-bond donors (Lipinski definition) is 1. The molecule has 1 atom stereocenters. The van der Waals surface area contributed by atoms with Crippen LogP contribution in [0.25, 0.3) is 0 Å². The lowest BCUT2D eigenvalue weighted by Crippen LogP contribution is -2.50. The van der Waals surface area contributed by atoms with E-state index in [1.54, 1.807) is 41.5 Å². The monoisotopic (exact) mass is 680 g/mol. The molecule has 45 heavy (non-hydrogen) atoms. The molecule has 0 aromatic rings. The fourth-order valence-corrected chi connectivity index (χ4v) is 4.54. The molecule has 1 amide bonds. The maximum Gasteiger partial charge on any atom is 0.371 e. The van der Waals surface area contributed by atoms with E-state index >= 15 is 0 Å². The molecule has 0 bridgehead atoms. The van der Waals surface area contributed by atoms with Gasteiger partial charge in [-0.3, -0.25) is 19.3 Å². The Hall–Kier alpha value is -2.56. The quantitative estimate of drug-likeness (QED) is 0.115. The molecular formula is C29H48N2O12S2. The fourth-order valence-electron chi connectivity index (χ4n) is 3.21. The van der Waals surface area contributed by atoms with Gasteiger partial charge in [0.25, 0.3) is 0 Å². The van der Waals surface area contributed by atoms with Crippen LogP contribution in [0.1, 0.15) is 68.2 Å². The van der Waals surface area contributed by atoms with Crippen molar-refractivity contribution in [3.05, 3.63) is 0 Å². The molecule has 0 unspecified atom stereocenters. The van der Waals surface area contributed by atoms with Crippen LogP contribution in [-0.2, 0) is 47.6 Å². The van der Waals surface area contributed by atoms with Gasteiger partial charge in [-0.15, -0.1) is 0 Å². The highest BCUT2D eigenvalue weighted by Gasteiger charge is 2.36. The highest BCUT2D eigenvalue weighted by atomic mass is 32.2. The van der Waals surface area contributed by atoms with Crippen molar-refractivity contribution in [3.63, 3.8) is 0 Å². The molecule has 0 spiro atoms. The number of rotatable bonds is 15. The van der Waals surface area contributed by atoms with Crippen molar-refractivity contribution in [2.75, 3.05) is 58.8 Å². The third-order valence-corrected chi connectivity index (χ3v) is 7.85. The maximum atomic E-state index is 13.1. The van der Waals surface area contributed by atoms with Crippen molar-refractivity contribution >= 4 is 57.9 Å². The molecular weight excluding hydrogens is 632 g/mol. The molecule has 16 heteroatoms. The third kappa shape index (κ3) is 17.1. The van der Waals surface area contributed by atoms with Crippen molar-refractivity contribution in [2.45, 2.75) is 79.0 Å². The number of carbonyl (C=O) groups is 6. The number of unbranched alkanes of at least 4 members (excludes halogenated alkanes) is 1. The lowest BCUT2D eigenvalue weighted by atomic mass is 9.97. The van der Waals surface area contributed by atoms with Crippen LogP contribution in [0.5, 0.6) is 0 Å². The lowest BCUT2D eigenvalue weighted by molar-refractivity contribution is -0.161. The van der Waals surface area contributed by atoms with E-state index in [2.05, 4.69) is 10.2 Å². The molecule has 0 radical (unpaired) electrons. The average Bonchev–Trinajstić information content (AvgIpc) is 2.93. The van der Waals surface area contributed by atoms with Gasteiger partial charge in [-0.25, -0.2) is 14.4 Å². The van der Waals surface area contributed by atoms with Crippen molar-refractivity contribution < 1.29 is 57.2 Å². The van der Waals surface area contributed by atoms with Crippen molar-refractivity contribution in [2.24, 2.45) is 10.8 Å². The minimum Gasteiger partial charge on any atom is -0.464 e. The summed E-state index contributed by atoms with van der Waals surface area (Å²) in [6.45, 7) is 15.5. The van der Waals surface area contributed by atoms with Crippen LogP contribution < -0.4 is 5.32 Å². The number of carbonyl (C=O) groups excluding carboxylic acids is 6. The van der Waals surface area contributed by atoms with E-state index < -0.39 is 69.6 Å². The first-order valence-corrected chi connectivity index (χ1v) is 16.4. The summed E-state index contributed by atoms with van der Waals surface area (Å²) in [5.41, 5.74) is -1.57. The second kappa shape index (κ2) is 19.2. The smallest absolute Gasteiger partial charge is 0.371 e. The topological polar surface area (TPSA) is 173 Å². The minimum absolute atomic E-state index is 0.102. The van der Waals surface area contributed by atoms with Crippen LogP contribution in [-0.4, -0.2) is 109 Å². The number of nitrogens with zero attached hydrogens (tertiary/aromatic N) is 1. The molecule has 1 heterocycles. The number of ether oxygens (including phenoxy) is 6. The van der Waals surface area contributed by atoms with Crippen LogP contribution in [0, 0.1) is 10.8 Å². The fraction of sp³-hybridized carbons (Fsp3) is 0.793. The highest BCUT2D eigenvalue weighted by Crippen LogP contribution is 2.27. The Balaban J connectivity index is 2.71. The van der Waals surface area contributed by atoms with Gasteiger partial charge in [-0.05, 0) is 98.3 Å². The lowest BCUT2D eigenvalue weighted by Gasteiger charge is -2.26. The zero-order chi connectivity index (χ0) is 34.3. The van der Waals surface area contributed by atoms with E-state index in [1.165, 1.54) is 13.8 Å². The van der Waals surface area contributed by atoms with Gasteiger partial charge in [0.15, 0.2) is 0 Å². The van der Waals surface area contributed by atoms with Crippen LogP contribution in [0.4, 0.5) is 9.59 Å². The Labute approximate surface area is 273 Å². The molecule has 258 valence electrons. The number of amides is 1. The second-order valence-corrected chi connectivity index (χ2v) is 15.2. The van der Waals surface area contributed by atoms with E-state index in [0.29, 0.717) is 43.2 Å². The first-order chi connectivity index (χ1) is 20.8. The Morgan fingerprint density at radius 1 is 0.756 bits per heavy atom. The largest absolute Gasteiger partial charge is 0.464 e. The van der Waals surface area contributed by atoms with E-state index in [-0.39, 0.29) is 12.4 Å². The van der Waals surface area contributed by atoms with Crippen LogP contribution in [0.3, 0.4) is 0 Å². The molecule has 1 N–H and O–H groups in total. The van der Waals surface area contributed by atoms with Crippen molar-refractivity contribution in [1.82, 2.24) is 10.2 Å². The predicted molar refractivity (Wildman–Crippen MR) is 167 cm³/mol. The van der Waals surface area contributed by atoms with E-state index in [0.717, 1.165) is 26.1 Å². The van der Waals surface area contributed by atoms with Gasteiger partial charge in [-0.2, -0.15) is 0 Å². The zero-order valence-corrected chi connectivity index (χ0v) is 29.2. The van der Waals surface area contributed by atoms with E-state index in [4.69, 9.17) is 28.4 Å². The van der Waals surface area contributed by atoms with E-state index in [9.17, 15) is 28.8 Å². The number of esters is 3. The minimum atomic E-state index is -1.42. The number of morpholine rings is 1. The van der Waals surface area contributed by atoms with Crippen molar-refractivity contribution in [1.29, 1.82) is 0 Å². The molecule has 0 aromatic carbocycles. The van der Waals surface area contributed by atoms with Gasteiger partial charge in [-0.1, -0.05) is 0 Å². The number of hydrogen-bond acceptors (Lipinski definition) is 15. The van der Waals surface area contributed by atoms with Gasteiger partial charge in [0, 0.05) is 18.8 Å². The summed E-state index contributed by atoms with van der Waals surface area (Å²) in [5, 5.41) is 0.823. The van der Waals surface area contributed by atoms with Crippen LogP contribution in [0.2, 0.25) is 0 Å². The van der Waals surface area contributed by atoms with Gasteiger partial charge in [0.05, 0.1) is 35.4 Å². The van der Waals surface area contributed by atoms with Gasteiger partial charge < -0.3 is 33.7 Å². The van der Waals surface area contributed by atoms with Gasteiger partial charge in [0.1, 0.15) is 6.04 Å². The highest BCUT2D eigenvalue weighted by molar-refractivity contribution is 8.15. The Morgan fingerprint density at radius 3 is 1.82 bits per heavy atom. The summed E-state index contributed by atoms with van der Waals surface area (Å²) in [4.78, 5) is 76.7. The zero-order valence-electron chi connectivity index (χ0n) is 27.5. The second-order valence-electron chi connectivity index (χ2n) is 12.7. The summed E-state index contributed by atoms with van der Waals surface area (Å²) in [7, 11) is 0. The Bertz CT molecular complexity index is 1020. The molecule has 0 aromatic heterocycles. The number of nitrogens with one attached hydrogen (secondary N) is 1. The summed E-state index contributed by atoms with van der Waals surface area (Å²) in [6, 6.07) is -1.27. The van der Waals surface area contributed by atoms with E-state index in [1.807, 2.05) is 0 Å². The van der Waals surface area contributed by atoms with Crippen molar-refractivity contribution in [3.8, 4) is 0 Å². The standard InChI is InChI=1S/C29H48N2O12S2/c1-27(2,3)23(34)40-18-42-25(36)44-17-20(21(32)39-14-10-9-11-31-12-15-38-16-13-31)30-22(33)29(7,8)45-26(37)43-19-41-24(35)28(4,5)6/h20H,9-19H2,1-8H3,(H,30,33)/t20-/m0/s1. The molecule has 0 saturated carbocycles. The molecule has 1 aliphatic rings. The first kappa shape index (κ1) is 40.5. The Morgan fingerprint density at radius 2 is 1.29 bits per heavy atom.